The van der Waals surface area contributed by atoms with Crippen LogP contribution in [0.3, 0.4) is 0 Å². The van der Waals surface area contributed by atoms with Gasteiger partial charge in [0.1, 0.15) is 0 Å². The van der Waals surface area contributed by atoms with Crippen molar-refractivity contribution in [2.75, 3.05) is 6.54 Å². The zero-order chi connectivity index (χ0) is 6.62. The molecule has 44 valence electrons. The Kier molecular flexibility index (Phi) is 3.92. The van der Waals surface area contributed by atoms with Gasteiger partial charge in [0.15, 0.2) is 0 Å². The molecule has 0 aliphatic rings. The highest BCUT2D eigenvalue weighted by Crippen LogP contribution is 1.94. The van der Waals surface area contributed by atoms with E-state index >= 15 is 0 Å². The minimum atomic E-state index is -1.98. The Morgan fingerprint density at radius 2 is 2.71 bits per heavy atom. The summed E-state index contributed by atoms with van der Waals surface area (Å²) in [6, 6.07) is 0. The number of rotatable bonds is 3. The molecule has 0 spiro atoms. The maximum absolute atomic E-state index is 12.1. The molecule has 0 aliphatic heterocycles. The zero-order valence-corrected chi connectivity index (χ0v) is 6.33. The number of alkyl halides is 2. The second kappa shape index (κ2) is 4.77. The van der Waals surface area contributed by atoms with Crippen molar-refractivity contribution >= 4 is 22.6 Å². The topological polar surface area (TPSA) is 12.0 Å². The molecule has 0 aromatic rings. The summed E-state index contributed by atoms with van der Waals surface area (Å²) >= 11 is 1.39. The lowest BCUT2D eigenvalue weighted by atomic mass is 10.5. The summed E-state index contributed by atoms with van der Waals surface area (Å²) in [5.74, 6) is 0. The standard InChI is InChI=1S/C4H9FIN/c1-2-3-7-4(5)6/h4,7H,2-3H2,1H3/i4T. The predicted octanol–water partition coefficient (Wildman–Crippen LogP) is 1.67. The molecule has 0 saturated carbocycles. The molecule has 0 rings (SSSR count). The number of hydrogen-bond acceptors (Lipinski definition) is 1. The molecule has 0 radical (unpaired) electrons. The van der Waals surface area contributed by atoms with Crippen LogP contribution in [0, 0.1) is 0 Å². The van der Waals surface area contributed by atoms with Gasteiger partial charge in [-0.3, -0.25) is 5.32 Å². The molecule has 3 heteroatoms. The fraction of sp³-hybridized carbons (Fsp3) is 1.00. The minimum absolute atomic E-state index is 0.558. The molecule has 1 N–H and O–H groups in total. The minimum Gasteiger partial charge on any atom is -0.279 e. The summed E-state index contributed by atoms with van der Waals surface area (Å²) in [5.41, 5.74) is 0. The van der Waals surface area contributed by atoms with Crippen molar-refractivity contribution in [3.05, 3.63) is 0 Å². The van der Waals surface area contributed by atoms with Crippen molar-refractivity contribution < 1.29 is 5.76 Å². The highest BCUT2D eigenvalue weighted by atomic mass is 127. The average Bonchev–Trinajstić information content (AvgIpc) is 1.59. The summed E-state index contributed by atoms with van der Waals surface area (Å²) in [5, 5.41) is 2.36. The maximum atomic E-state index is 12.1. The van der Waals surface area contributed by atoms with E-state index in [1.165, 1.54) is 22.6 Å². The quantitative estimate of drug-likeness (QED) is 0.432. The zero-order valence-electron chi connectivity index (χ0n) is 5.17. The molecular formula is C4H9FIN. The van der Waals surface area contributed by atoms with Crippen molar-refractivity contribution in [1.82, 2.24) is 5.32 Å². The first-order valence-electron chi connectivity index (χ1n) is 2.69. The van der Waals surface area contributed by atoms with Crippen molar-refractivity contribution in [2.45, 2.75) is 17.6 Å². The lowest BCUT2D eigenvalue weighted by molar-refractivity contribution is 0.403. The molecule has 0 amide bonds. The van der Waals surface area contributed by atoms with Gasteiger partial charge in [0.25, 0.3) is 0 Å². The number of nitrogens with one attached hydrogen (secondary N) is 1. The third kappa shape index (κ3) is 6.62. The molecular weight excluding hydrogens is 208 g/mol. The Morgan fingerprint density at radius 3 is 2.86 bits per heavy atom. The van der Waals surface area contributed by atoms with Crippen LogP contribution in [-0.2, 0) is 0 Å². The molecule has 0 saturated heterocycles. The van der Waals surface area contributed by atoms with Crippen LogP contribution in [0.5, 0.6) is 0 Å². The van der Waals surface area contributed by atoms with Crippen LogP contribution in [0.2, 0.25) is 0 Å². The van der Waals surface area contributed by atoms with Crippen LogP contribution in [-0.4, -0.2) is 10.8 Å². The van der Waals surface area contributed by atoms with E-state index < -0.39 is 4.28 Å². The molecule has 0 bridgehead atoms. The van der Waals surface area contributed by atoms with Crippen molar-refractivity contribution in [1.29, 1.82) is 0 Å². The normalized spacial score (nSPS) is 20.7. The van der Waals surface area contributed by atoms with Gasteiger partial charge in [-0.1, -0.05) is 6.92 Å². The Bertz CT molecular complexity index is 63.5. The first kappa shape index (κ1) is 5.75. The van der Waals surface area contributed by atoms with Gasteiger partial charge in [-0.15, -0.1) is 0 Å². The lowest BCUT2D eigenvalue weighted by Crippen LogP contribution is -2.18. The monoisotopic (exact) mass is 219 g/mol. The molecule has 0 fully saturated rings. The average molecular weight is 219 g/mol. The smallest absolute Gasteiger partial charge is 0.202 e. The number of halogens is 2. The molecule has 0 aromatic heterocycles. The Labute approximate surface area is 58.2 Å². The fourth-order valence-electron chi connectivity index (χ4n) is 0.219. The first-order chi connectivity index (χ1) is 3.56. The van der Waals surface area contributed by atoms with Gasteiger partial charge in [-0.05, 0) is 35.6 Å². The van der Waals surface area contributed by atoms with Crippen LogP contribution in [0.15, 0.2) is 0 Å². The summed E-state index contributed by atoms with van der Waals surface area (Å²) < 4.78 is 16.8. The van der Waals surface area contributed by atoms with Gasteiger partial charge in [0, 0.05) is 0 Å². The molecule has 0 aromatic carbocycles. The summed E-state index contributed by atoms with van der Waals surface area (Å²) in [6.45, 7) is 2.48. The number of hydrogen-bond donors (Lipinski definition) is 1. The van der Waals surface area contributed by atoms with Gasteiger partial charge in [-0.2, -0.15) is 0 Å². The van der Waals surface area contributed by atoms with E-state index in [4.69, 9.17) is 1.37 Å². The fourth-order valence-corrected chi connectivity index (χ4v) is 0.489. The molecule has 1 atom stereocenters. The van der Waals surface area contributed by atoms with E-state index in [0.29, 0.717) is 6.54 Å². The highest BCUT2D eigenvalue weighted by molar-refractivity contribution is 14.1. The van der Waals surface area contributed by atoms with E-state index in [9.17, 15) is 4.39 Å². The van der Waals surface area contributed by atoms with Crippen molar-refractivity contribution in [3.8, 4) is 0 Å². The van der Waals surface area contributed by atoms with Gasteiger partial charge < -0.3 is 0 Å². The Morgan fingerprint density at radius 1 is 2.14 bits per heavy atom. The Hall–Kier alpha value is 0.620. The molecule has 7 heavy (non-hydrogen) atoms. The van der Waals surface area contributed by atoms with Crippen molar-refractivity contribution in [2.24, 2.45) is 0 Å². The third-order valence-electron chi connectivity index (χ3n) is 0.509. The van der Waals surface area contributed by atoms with Gasteiger partial charge >= 0.3 is 0 Å². The van der Waals surface area contributed by atoms with E-state index in [2.05, 4.69) is 5.32 Å². The summed E-state index contributed by atoms with van der Waals surface area (Å²) in [4.78, 5) is 0. The van der Waals surface area contributed by atoms with Crippen LogP contribution in [0.25, 0.3) is 0 Å². The molecule has 0 heterocycles. The largest absolute Gasteiger partial charge is 0.279 e. The van der Waals surface area contributed by atoms with Crippen molar-refractivity contribution in [3.63, 3.8) is 0 Å². The molecule has 1 nitrogen and oxygen atoms in total. The van der Waals surface area contributed by atoms with Crippen LogP contribution >= 0.6 is 22.6 Å². The van der Waals surface area contributed by atoms with Gasteiger partial charge in [-0.25, -0.2) is 4.39 Å². The summed E-state index contributed by atoms with van der Waals surface area (Å²) in [7, 11) is 0. The second-order valence-electron chi connectivity index (χ2n) is 1.19. The summed E-state index contributed by atoms with van der Waals surface area (Å²) in [6.07, 6.45) is 0.855. The lowest BCUT2D eigenvalue weighted by Gasteiger charge is -1.98. The second-order valence-corrected chi connectivity index (χ2v) is 2.13. The van der Waals surface area contributed by atoms with Gasteiger partial charge in [0.05, 0.1) is 1.37 Å². The van der Waals surface area contributed by atoms with Crippen LogP contribution in [0.4, 0.5) is 4.39 Å². The van der Waals surface area contributed by atoms with Gasteiger partial charge in [0.2, 0.25) is 4.28 Å². The van der Waals surface area contributed by atoms with Crippen LogP contribution < -0.4 is 5.32 Å². The predicted molar refractivity (Wildman–Crippen MR) is 37.2 cm³/mol. The highest BCUT2D eigenvalue weighted by Gasteiger charge is 1.92. The van der Waals surface area contributed by atoms with E-state index in [1.54, 1.807) is 0 Å². The van der Waals surface area contributed by atoms with E-state index in [1.807, 2.05) is 6.92 Å². The SMILES string of the molecule is [3H]C(F)(I)NCCC. The maximum Gasteiger partial charge on any atom is 0.202 e. The van der Waals surface area contributed by atoms with E-state index in [-0.39, 0.29) is 0 Å². The third-order valence-corrected chi connectivity index (χ3v) is 0.890. The first-order valence-corrected chi connectivity index (χ1v) is 3.27. The molecule has 1 unspecified atom stereocenters. The van der Waals surface area contributed by atoms with E-state index in [0.717, 1.165) is 6.42 Å². The molecule has 0 aliphatic carbocycles. The van der Waals surface area contributed by atoms with Crippen LogP contribution in [0.1, 0.15) is 14.7 Å². The Balaban J connectivity index is 3.11.